The molecule has 0 bridgehead atoms. The number of hydrogen-bond acceptors (Lipinski definition) is 5. The summed E-state index contributed by atoms with van der Waals surface area (Å²) in [5, 5.41) is 2.27. The molecule has 2 aromatic rings. The predicted molar refractivity (Wildman–Crippen MR) is 72.7 cm³/mol. The zero-order valence-electron chi connectivity index (χ0n) is 10.1. The average Bonchev–Trinajstić information content (AvgIpc) is 2.78. The van der Waals surface area contributed by atoms with Gasteiger partial charge in [-0.15, -0.1) is 11.3 Å². The van der Waals surface area contributed by atoms with Crippen molar-refractivity contribution in [2.45, 2.75) is 13.0 Å². The zero-order valence-corrected chi connectivity index (χ0v) is 10.9. The minimum absolute atomic E-state index is 0.0427. The summed E-state index contributed by atoms with van der Waals surface area (Å²) < 4.78 is 6.65. The molecule has 0 aliphatic carbocycles. The van der Waals surface area contributed by atoms with Crippen molar-refractivity contribution in [3.05, 3.63) is 34.1 Å². The lowest BCUT2D eigenvalue weighted by atomic mass is 10.2. The quantitative estimate of drug-likeness (QED) is 0.833. The van der Waals surface area contributed by atoms with E-state index in [2.05, 4.69) is 4.98 Å². The number of anilines is 1. The third kappa shape index (κ3) is 2.77. The first-order valence-electron chi connectivity index (χ1n) is 5.62. The van der Waals surface area contributed by atoms with Crippen LogP contribution in [0.15, 0.2) is 28.5 Å². The molecule has 2 rings (SSSR count). The minimum Gasteiger partial charge on any atom is -0.385 e. The SMILES string of the molecule is COCCCn1cccc(-c2csc(N)n2)c1=O. The van der Waals surface area contributed by atoms with Gasteiger partial charge in [0.05, 0.1) is 11.3 Å². The number of methoxy groups -OCH3 is 1. The van der Waals surface area contributed by atoms with Crippen molar-refractivity contribution in [3.63, 3.8) is 0 Å². The number of pyridine rings is 1. The topological polar surface area (TPSA) is 70.1 Å². The van der Waals surface area contributed by atoms with E-state index in [-0.39, 0.29) is 5.56 Å². The van der Waals surface area contributed by atoms with E-state index in [1.807, 2.05) is 6.07 Å². The summed E-state index contributed by atoms with van der Waals surface area (Å²) in [5.74, 6) is 0. The molecule has 5 nitrogen and oxygen atoms in total. The van der Waals surface area contributed by atoms with Gasteiger partial charge in [-0.2, -0.15) is 0 Å². The Hall–Kier alpha value is -1.66. The molecule has 0 saturated heterocycles. The van der Waals surface area contributed by atoms with E-state index in [4.69, 9.17) is 10.5 Å². The molecular weight excluding hydrogens is 250 g/mol. The number of thiazole rings is 1. The Morgan fingerprint density at radius 2 is 2.39 bits per heavy atom. The van der Waals surface area contributed by atoms with Gasteiger partial charge >= 0.3 is 0 Å². The Labute approximate surface area is 109 Å². The smallest absolute Gasteiger partial charge is 0.260 e. The maximum Gasteiger partial charge on any atom is 0.260 e. The van der Waals surface area contributed by atoms with Crippen LogP contribution >= 0.6 is 11.3 Å². The number of nitrogens with two attached hydrogens (primary N) is 1. The van der Waals surface area contributed by atoms with Crippen molar-refractivity contribution in [2.75, 3.05) is 19.5 Å². The summed E-state index contributed by atoms with van der Waals surface area (Å²) in [6.07, 6.45) is 2.58. The second-order valence-corrected chi connectivity index (χ2v) is 4.73. The lowest BCUT2D eigenvalue weighted by molar-refractivity contribution is 0.190. The third-order valence-electron chi connectivity index (χ3n) is 2.57. The lowest BCUT2D eigenvalue weighted by Crippen LogP contribution is -2.21. The van der Waals surface area contributed by atoms with Crippen molar-refractivity contribution in [1.82, 2.24) is 9.55 Å². The summed E-state index contributed by atoms with van der Waals surface area (Å²) in [6.45, 7) is 1.28. The Morgan fingerprint density at radius 3 is 3.06 bits per heavy atom. The largest absolute Gasteiger partial charge is 0.385 e. The molecule has 18 heavy (non-hydrogen) atoms. The first-order chi connectivity index (χ1) is 8.72. The second-order valence-electron chi connectivity index (χ2n) is 3.84. The minimum atomic E-state index is -0.0427. The molecule has 0 saturated carbocycles. The van der Waals surface area contributed by atoms with Crippen LogP contribution in [-0.2, 0) is 11.3 Å². The van der Waals surface area contributed by atoms with E-state index in [1.165, 1.54) is 11.3 Å². The van der Waals surface area contributed by atoms with Crippen LogP contribution in [0, 0.1) is 0 Å². The highest BCUT2D eigenvalue weighted by Gasteiger charge is 2.08. The van der Waals surface area contributed by atoms with Crippen LogP contribution in [0.3, 0.4) is 0 Å². The summed E-state index contributed by atoms with van der Waals surface area (Å²) in [6, 6.07) is 3.61. The van der Waals surface area contributed by atoms with E-state index in [0.29, 0.717) is 29.5 Å². The highest BCUT2D eigenvalue weighted by atomic mass is 32.1. The van der Waals surface area contributed by atoms with Crippen LogP contribution in [0.2, 0.25) is 0 Å². The molecule has 6 heteroatoms. The second kappa shape index (κ2) is 5.79. The standard InChI is InChI=1S/C12H15N3O2S/c1-17-7-3-6-15-5-2-4-9(11(15)16)10-8-18-12(13)14-10/h2,4-5,8H,3,6-7H2,1H3,(H2,13,14). The number of rotatable bonds is 5. The molecule has 0 aliphatic rings. The third-order valence-corrected chi connectivity index (χ3v) is 3.24. The van der Waals surface area contributed by atoms with Gasteiger partial charge in [0.2, 0.25) is 0 Å². The van der Waals surface area contributed by atoms with Gasteiger partial charge in [-0.05, 0) is 18.6 Å². The maximum atomic E-state index is 12.2. The molecule has 0 fully saturated rings. The molecule has 0 atom stereocenters. The van der Waals surface area contributed by atoms with E-state index in [9.17, 15) is 4.79 Å². The normalized spacial score (nSPS) is 10.7. The molecule has 0 unspecified atom stereocenters. The van der Waals surface area contributed by atoms with Gasteiger partial charge in [0.1, 0.15) is 0 Å². The highest BCUT2D eigenvalue weighted by Crippen LogP contribution is 2.19. The number of nitrogen functional groups attached to an aromatic ring is 1. The summed E-state index contributed by atoms with van der Waals surface area (Å²) >= 11 is 1.33. The molecular formula is C12H15N3O2S. The van der Waals surface area contributed by atoms with Gasteiger partial charge in [-0.25, -0.2) is 4.98 Å². The van der Waals surface area contributed by atoms with E-state index >= 15 is 0 Å². The first-order valence-corrected chi connectivity index (χ1v) is 6.50. The van der Waals surface area contributed by atoms with Gasteiger partial charge in [-0.1, -0.05) is 0 Å². The van der Waals surface area contributed by atoms with Crippen molar-refractivity contribution in [1.29, 1.82) is 0 Å². The molecule has 2 N–H and O–H groups in total. The summed E-state index contributed by atoms with van der Waals surface area (Å²) in [7, 11) is 1.65. The number of nitrogens with zero attached hydrogens (tertiary/aromatic N) is 2. The first kappa shape index (κ1) is 12.8. The van der Waals surface area contributed by atoms with Crippen molar-refractivity contribution in [2.24, 2.45) is 0 Å². The summed E-state index contributed by atoms with van der Waals surface area (Å²) in [4.78, 5) is 16.4. The number of ether oxygens (including phenoxy) is 1. The molecule has 0 amide bonds. The monoisotopic (exact) mass is 265 g/mol. The number of hydrogen-bond donors (Lipinski definition) is 1. The van der Waals surface area contributed by atoms with Crippen LogP contribution in [0.4, 0.5) is 5.13 Å². The summed E-state index contributed by atoms with van der Waals surface area (Å²) in [5.41, 5.74) is 6.77. The van der Waals surface area contributed by atoms with Crippen LogP contribution < -0.4 is 11.3 Å². The van der Waals surface area contributed by atoms with Crippen molar-refractivity contribution >= 4 is 16.5 Å². The maximum absolute atomic E-state index is 12.2. The molecule has 96 valence electrons. The van der Waals surface area contributed by atoms with Gasteiger partial charge in [0, 0.05) is 31.8 Å². The fourth-order valence-electron chi connectivity index (χ4n) is 1.70. The molecule has 2 aromatic heterocycles. The van der Waals surface area contributed by atoms with Gasteiger partial charge in [0.15, 0.2) is 5.13 Å². The molecule has 0 aliphatic heterocycles. The Morgan fingerprint density at radius 1 is 1.56 bits per heavy atom. The van der Waals surface area contributed by atoms with E-state index in [0.717, 1.165) is 6.42 Å². The van der Waals surface area contributed by atoms with Gasteiger partial charge < -0.3 is 15.0 Å². The van der Waals surface area contributed by atoms with Gasteiger partial charge in [-0.3, -0.25) is 4.79 Å². The van der Waals surface area contributed by atoms with Crippen LogP contribution in [0.1, 0.15) is 6.42 Å². The van der Waals surface area contributed by atoms with Crippen molar-refractivity contribution in [3.8, 4) is 11.3 Å². The Bertz CT molecular complexity index is 577. The van der Waals surface area contributed by atoms with Crippen molar-refractivity contribution < 1.29 is 4.74 Å². The zero-order chi connectivity index (χ0) is 13.0. The lowest BCUT2D eigenvalue weighted by Gasteiger charge is -2.06. The Kier molecular flexibility index (Phi) is 4.11. The molecule has 2 heterocycles. The Balaban J connectivity index is 2.27. The molecule has 0 aromatic carbocycles. The van der Waals surface area contributed by atoms with Crippen LogP contribution in [-0.4, -0.2) is 23.3 Å². The highest BCUT2D eigenvalue weighted by molar-refractivity contribution is 7.13. The molecule has 0 radical (unpaired) electrons. The number of aryl methyl sites for hydroxylation is 1. The number of aromatic nitrogens is 2. The fourth-order valence-corrected chi connectivity index (χ4v) is 2.26. The fraction of sp³-hybridized carbons (Fsp3) is 0.333. The van der Waals surface area contributed by atoms with Crippen LogP contribution in [0.25, 0.3) is 11.3 Å². The van der Waals surface area contributed by atoms with E-state index in [1.54, 1.807) is 29.3 Å². The average molecular weight is 265 g/mol. The van der Waals surface area contributed by atoms with E-state index < -0.39 is 0 Å². The predicted octanol–water partition coefficient (Wildman–Crippen LogP) is 1.59. The molecule has 0 spiro atoms. The van der Waals surface area contributed by atoms with Gasteiger partial charge in [0.25, 0.3) is 5.56 Å². The van der Waals surface area contributed by atoms with Crippen LogP contribution in [0.5, 0.6) is 0 Å².